The Morgan fingerprint density at radius 3 is 2.16 bits per heavy atom. The van der Waals surface area contributed by atoms with E-state index in [2.05, 4.69) is 39.4 Å². The van der Waals surface area contributed by atoms with E-state index in [0.29, 0.717) is 11.4 Å². The van der Waals surface area contributed by atoms with E-state index >= 15 is 0 Å². The molecular formula is C24H34N4O3S. The van der Waals surface area contributed by atoms with Crippen LogP contribution in [-0.4, -0.2) is 81.9 Å². The third-order valence-electron chi connectivity index (χ3n) is 5.79. The fourth-order valence-electron chi connectivity index (χ4n) is 3.85. The molecule has 1 N–H and O–H groups in total. The fourth-order valence-corrected chi connectivity index (χ4v) is 5.09. The highest BCUT2D eigenvalue weighted by atomic mass is 32.2. The summed E-state index contributed by atoms with van der Waals surface area (Å²) in [7, 11) is -3.42. The van der Waals surface area contributed by atoms with Gasteiger partial charge in [0.1, 0.15) is 0 Å². The smallest absolute Gasteiger partial charge is 0.317 e. The fraction of sp³-hybridized carbons (Fsp3) is 0.458. The number of hydrogen-bond acceptors (Lipinski definition) is 5. The number of rotatable bonds is 9. The number of carbonyl (C=O) groups is 1. The number of nitrogens with zero attached hydrogens (tertiary/aromatic N) is 3. The van der Waals surface area contributed by atoms with Gasteiger partial charge in [0.25, 0.3) is 0 Å². The monoisotopic (exact) mass is 458 g/mol. The summed E-state index contributed by atoms with van der Waals surface area (Å²) in [6, 6.07) is 18.5. The molecule has 0 bridgehead atoms. The standard InChI is InChI=1S/C24H34N4O3S/c1-21(2)28(19-20-32(30,31)23-11-7-4-8-12-23)24(29)25-13-14-26-15-17-27(18-16-26)22-9-5-3-6-10-22/h3-12,21H,13-20H2,1-2H3,(H,25,29). The van der Waals surface area contributed by atoms with Gasteiger partial charge in [-0.3, -0.25) is 4.90 Å². The van der Waals surface area contributed by atoms with Crippen molar-refractivity contribution in [3.05, 3.63) is 60.7 Å². The van der Waals surface area contributed by atoms with Gasteiger partial charge in [0.05, 0.1) is 10.6 Å². The van der Waals surface area contributed by atoms with E-state index in [1.807, 2.05) is 19.9 Å². The zero-order valence-electron chi connectivity index (χ0n) is 19.0. The third-order valence-corrected chi connectivity index (χ3v) is 7.50. The number of carbonyl (C=O) groups excluding carboxylic acids is 1. The van der Waals surface area contributed by atoms with E-state index < -0.39 is 9.84 Å². The summed E-state index contributed by atoms with van der Waals surface area (Å²) in [5.41, 5.74) is 1.25. The van der Waals surface area contributed by atoms with Crippen molar-refractivity contribution >= 4 is 21.6 Å². The first kappa shape index (κ1) is 24.1. The van der Waals surface area contributed by atoms with Crippen molar-refractivity contribution in [2.75, 3.05) is 56.5 Å². The van der Waals surface area contributed by atoms with Crippen LogP contribution in [0.25, 0.3) is 0 Å². The van der Waals surface area contributed by atoms with Crippen LogP contribution in [0, 0.1) is 0 Å². The zero-order valence-corrected chi connectivity index (χ0v) is 19.8. The number of urea groups is 1. The molecule has 2 amide bonds. The molecule has 32 heavy (non-hydrogen) atoms. The normalized spacial score (nSPS) is 15.0. The van der Waals surface area contributed by atoms with Crippen LogP contribution < -0.4 is 10.2 Å². The van der Waals surface area contributed by atoms with Crippen molar-refractivity contribution < 1.29 is 13.2 Å². The van der Waals surface area contributed by atoms with Crippen LogP contribution in [0.5, 0.6) is 0 Å². The molecule has 0 saturated carbocycles. The molecule has 0 aromatic heterocycles. The Bertz CT molecular complexity index is 944. The molecule has 8 heteroatoms. The van der Waals surface area contributed by atoms with Crippen LogP contribution in [0.1, 0.15) is 13.8 Å². The lowest BCUT2D eigenvalue weighted by molar-refractivity contribution is 0.184. The number of benzene rings is 2. The number of piperazine rings is 1. The molecule has 3 rings (SSSR count). The molecule has 2 aromatic rings. The van der Waals surface area contributed by atoms with Gasteiger partial charge in [0, 0.05) is 57.5 Å². The van der Waals surface area contributed by atoms with Gasteiger partial charge in [-0.2, -0.15) is 0 Å². The summed E-state index contributed by atoms with van der Waals surface area (Å²) in [6.45, 7) is 9.12. The van der Waals surface area contributed by atoms with Gasteiger partial charge in [-0.15, -0.1) is 0 Å². The SMILES string of the molecule is CC(C)N(CCS(=O)(=O)c1ccccc1)C(=O)NCCN1CCN(c2ccccc2)CC1. The number of sulfone groups is 1. The van der Waals surface area contributed by atoms with E-state index in [1.54, 1.807) is 35.2 Å². The summed E-state index contributed by atoms with van der Waals surface area (Å²) in [5, 5.41) is 2.97. The maximum absolute atomic E-state index is 12.7. The predicted octanol–water partition coefficient (Wildman–Crippen LogP) is 2.70. The summed E-state index contributed by atoms with van der Waals surface area (Å²) in [4.78, 5) is 19.3. The molecule has 1 saturated heterocycles. The Morgan fingerprint density at radius 2 is 1.56 bits per heavy atom. The first-order valence-corrected chi connectivity index (χ1v) is 12.9. The second kappa shape index (κ2) is 11.3. The Hall–Kier alpha value is -2.58. The van der Waals surface area contributed by atoms with E-state index in [1.165, 1.54) is 5.69 Å². The van der Waals surface area contributed by atoms with Gasteiger partial charge in [0.15, 0.2) is 9.84 Å². The van der Waals surface area contributed by atoms with E-state index in [0.717, 1.165) is 32.7 Å². The van der Waals surface area contributed by atoms with Crippen LogP contribution >= 0.6 is 0 Å². The van der Waals surface area contributed by atoms with Crippen molar-refractivity contribution in [3.8, 4) is 0 Å². The molecule has 0 aliphatic carbocycles. The average molecular weight is 459 g/mol. The summed E-state index contributed by atoms with van der Waals surface area (Å²) in [5.74, 6) is -0.0932. The minimum atomic E-state index is -3.42. The van der Waals surface area contributed by atoms with Crippen molar-refractivity contribution in [1.29, 1.82) is 0 Å². The average Bonchev–Trinajstić information content (AvgIpc) is 2.80. The largest absolute Gasteiger partial charge is 0.369 e. The maximum atomic E-state index is 12.7. The molecule has 1 fully saturated rings. The second-order valence-electron chi connectivity index (χ2n) is 8.32. The van der Waals surface area contributed by atoms with Crippen LogP contribution in [0.2, 0.25) is 0 Å². The van der Waals surface area contributed by atoms with E-state index in [4.69, 9.17) is 0 Å². The number of anilines is 1. The molecule has 0 unspecified atom stereocenters. The Balaban J connectivity index is 1.42. The highest BCUT2D eigenvalue weighted by Gasteiger charge is 2.22. The zero-order chi connectivity index (χ0) is 23.0. The Morgan fingerprint density at radius 1 is 0.969 bits per heavy atom. The van der Waals surface area contributed by atoms with Gasteiger partial charge in [-0.25, -0.2) is 13.2 Å². The topological polar surface area (TPSA) is 73.0 Å². The molecule has 1 aliphatic heterocycles. The molecule has 7 nitrogen and oxygen atoms in total. The van der Waals surface area contributed by atoms with Crippen molar-refractivity contribution in [1.82, 2.24) is 15.1 Å². The number of nitrogens with one attached hydrogen (secondary N) is 1. The van der Waals surface area contributed by atoms with Crippen LogP contribution in [-0.2, 0) is 9.84 Å². The van der Waals surface area contributed by atoms with Gasteiger partial charge in [0.2, 0.25) is 0 Å². The number of amides is 2. The van der Waals surface area contributed by atoms with Crippen LogP contribution in [0.15, 0.2) is 65.6 Å². The summed E-state index contributed by atoms with van der Waals surface area (Å²) in [6.07, 6.45) is 0. The predicted molar refractivity (Wildman–Crippen MR) is 129 cm³/mol. The minimum absolute atomic E-state index is 0.0876. The highest BCUT2D eigenvalue weighted by Crippen LogP contribution is 2.15. The molecule has 1 aliphatic rings. The van der Waals surface area contributed by atoms with Gasteiger partial charge < -0.3 is 15.1 Å². The van der Waals surface area contributed by atoms with Crippen LogP contribution in [0.4, 0.5) is 10.5 Å². The Kier molecular flexibility index (Phi) is 8.53. The maximum Gasteiger partial charge on any atom is 0.317 e. The lowest BCUT2D eigenvalue weighted by Gasteiger charge is -2.36. The number of hydrogen-bond donors (Lipinski definition) is 1. The summed E-state index contributed by atoms with van der Waals surface area (Å²) < 4.78 is 25.1. The first-order valence-electron chi connectivity index (χ1n) is 11.2. The number of para-hydroxylation sites is 1. The third kappa shape index (κ3) is 6.71. The van der Waals surface area contributed by atoms with Gasteiger partial charge >= 0.3 is 6.03 Å². The van der Waals surface area contributed by atoms with E-state index in [9.17, 15) is 13.2 Å². The Labute approximate surface area is 191 Å². The van der Waals surface area contributed by atoms with Crippen molar-refractivity contribution in [2.24, 2.45) is 0 Å². The van der Waals surface area contributed by atoms with Gasteiger partial charge in [-0.05, 0) is 38.1 Å². The quantitative estimate of drug-likeness (QED) is 0.626. The lowest BCUT2D eigenvalue weighted by Crippen LogP contribution is -2.50. The molecule has 1 heterocycles. The molecule has 174 valence electrons. The van der Waals surface area contributed by atoms with Crippen molar-refractivity contribution in [2.45, 2.75) is 24.8 Å². The molecule has 0 spiro atoms. The molecular weight excluding hydrogens is 424 g/mol. The minimum Gasteiger partial charge on any atom is -0.369 e. The molecule has 0 radical (unpaired) electrons. The second-order valence-corrected chi connectivity index (χ2v) is 10.4. The van der Waals surface area contributed by atoms with E-state index in [-0.39, 0.29) is 24.4 Å². The highest BCUT2D eigenvalue weighted by molar-refractivity contribution is 7.91. The molecule has 0 atom stereocenters. The lowest BCUT2D eigenvalue weighted by atomic mass is 10.2. The van der Waals surface area contributed by atoms with Crippen molar-refractivity contribution in [3.63, 3.8) is 0 Å². The summed E-state index contributed by atoms with van der Waals surface area (Å²) >= 11 is 0. The van der Waals surface area contributed by atoms with Crippen LogP contribution in [0.3, 0.4) is 0 Å². The molecule has 2 aromatic carbocycles. The first-order chi connectivity index (χ1) is 15.4. The van der Waals surface area contributed by atoms with Gasteiger partial charge in [-0.1, -0.05) is 36.4 Å².